The van der Waals surface area contributed by atoms with Crippen LogP contribution in [0.1, 0.15) is 41.8 Å². The summed E-state index contributed by atoms with van der Waals surface area (Å²) >= 11 is 1.74. The molecule has 3 aromatic rings. The third-order valence-electron chi connectivity index (χ3n) is 4.21. The predicted molar refractivity (Wildman–Crippen MR) is 95.9 cm³/mol. The zero-order valence-corrected chi connectivity index (χ0v) is 15.0. The van der Waals surface area contributed by atoms with Gasteiger partial charge in [-0.15, -0.1) is 11.3 Å². The SMILES string of the molecule is CCCc1ccc(-c2nc(-c3cc(C)c(C)c(CC)c3)no2)s1. The Balaban J connectivity index is 1.93. The van der Waals surface area contributed by atoms with E-state index in [2.05, 4.69) is 62.1 Å². The second kappa shape index (κ2) is 6.67. The minimum atomic E-state index is 0.614. The fraction of sp³-hybridized carbons (Fsp3) is 0.368. The quantitative estimate of drug-likeness (QED) is 0.613. The summed E-state index contributed by atoms with van der Waals surface area (Å²) in [6.07, 6.45) is 3.26. The van der Waals surface area contributed by atoms with Crippen molar-refractivity contribution in [2.75, 3.05) is 0 Å². The van der Waals surface area contributed by atoms with Crippen LogP contribution >= 0.6 is 11.3 Å². The molecule has 0 aliphatic rings. The molecule has 0 amide bonds. The summed E-state index contributed by atoms with van der Waals surface area (Å²) in [6.45, 7) is 8.67. The van der Waals surface area contributed by atoms with Crippen LogP contribution < -0.4 is 0 Å². The molecule has 3 nitrogen and oxygen atoms in total. The highest BCUT2D eigenvalue weighted by molar-refractivity contribution is 7.15. The first-order valence-electron chi connectivity index (χ1n) is 8.15. The van der Waals surface area contributed by atoms with Crippen molar-refractivity contribution >= 4 is 11.3 Å². The lowest BCUT2D eigenvalue weighted by Crippen LogP contribution is -1.93. The number of hydrogen-bond acceptors (Lipinski definition) is 4. The monoisotopic (exact) mass is 326 g/mol. The average Bonchev–Trinajstić information content (AvgIpc) is 3.19. The van der Waals surface area contributed by atoms with Crippen molar-refractivity contribution in [1.29, 1.82) is 0 Å². The maximum atomic E-state index is 5.49. The summed E-state index contributed by atoms with van der Waals surface area (Å²) in [6, 6.07) is 8.54. The third kappa shape index (κ3) is 3.22. The molecule has 2 aromatic heterocycles. The van der Waals surface area contributed by atoms with E-state index >= 15 is 0 Å². The van der Waals surface area contributed by atoms with Crippen LogP contribution in [-0.4, -0.2) is 10.1 Å². The molecule has 1 aromatic carbocycles. The van der Waals surface area contributed by atoms with Gasteiger partial charge in [0.15, 0.2) is 0 Å². The van der Waals surface area contributed by atoms with Gasteiger partial charge in [0.2, 0.25) is 5.82 Å². The van der Waals surface area contributed by atoms with Crippen molar-refractivity contribution < 1.29 is 4.52 Å². The largest absolute Gasteiger partial charge is 0.333 e. The molecule has 2 heterocycles. The Labute approximate surface area is 141 Å². The summed E-state index contributed by atoms with van der Waals surface area (Å²) in [5, 5.41) is 4.18. The van der Waals surface area contributed by atoms with Crippen LogP contribution in [0.3, 0.4) is 0 Å². The van der Waals surface area contributed by atoms with Gasteiger partial charge >= 0.3 is 0 Å². The minimum absolute atomic E-state index is 0.614. The molecule has 0 radical (unpaired) electrons. The average molecular weight is 326 g/mol. The number of benzene rings is 1. The van der Waals surface area contributed by atoms with Gasteiger partial charge in [0.05, 0.1) is 4.88 Å². The van der Waals surface area contributed by atoms with E-state index in [1.54, 1.807) is 11.3 Å². The second-order valence-electron chi connectivity index (χ2n) is 5.87. The van der Waals surface area contributed by atoms with Gasteiger partial charge in [-0.1, -0.05) is 25.4 Å². The molecule has 0 aliphatic carbocycles. The van der Waals surface area contributed by atoms with E-state index in [0.29, 0.717) is 11.7 Å². The van der Waals surface area contributed by atoms with Gasteiger partial charge in [0, 0.05) is 10.4 Å². The highest BCUT2D eigenvalue weighted by Crippen LogP contribution is 2.30. The van der Waals surface area contributed by atoms with Gasteiger partial charge in [-0.2, -0.15) is 4.98 Å². The Kier molecular flexibility index (Phi) is 4.62. The van der Waals surface area contributed by atoms with Crippen LogP contribution in [0.15, 0.2) is 28.8 Å². The van der Waals surface area contributed by atoms with E-state index < -0.39 is 0 Å². The standard InChI is InChI=1S/C19H22N2OS/c1-5-7-16-8-9-17(23-16)19-20-18(21-22-19)15-10-12(3)13(4)14(6-2)11-15/h8-11H,5-7H2,1-4H3. The first-order chi connectivity index (χ1) is 11.1. The van der Waals surface area contributed by atoms with E-state index in [4.69, 9.17) is 4.52 Å². The van der Waals surface area contributed by atoms with Crippen molar-refractivity contribution in [3.05, 3.63) is 45.8 Å². The van der Waals surface area contributed by atoms with Gasteiger partial charge in [-0.25, -0.2) is 0 Å². The highest BCUT2D eigenvalue weighted by atomic mass is 32.1. The third-order valence-corrected chi connectivity index (χ3v) is 5.34. The molecule has 0 aliphatic heterocycles. The summed E-state index contributed by atoms with van der Waals surface area (Å²) in [7, 11) is 0. The Morgan fingerprint density at radius 2 is 1.96 bits per heavy atom. The van der Waals surface area contributed by atoms with Gasteiger partial charge in [-0.3, -0.25) is 0 Å². The van der Waals surface area contributed by atoms with E-state index in [0.717, 1.165) is 29.7 Å². The summed E-state index contributed by atoms with van der Waals surface area (Å²) in [4.78, 5) is 7.01. The lowest BCUT2D eigenvalue weighted by Gasteiger charge is -2.08. The number of aromatic nitrogens is 2. The van der Waals surface area contributed by atoms with E-state index in [1.165, 1.54) is 21.6 Å². The molecule has 0 N–H and O–H groups in total. The molecule has 0 fully saturated rings. The highest BCUT2D eigenvalue weighted by Gasteiger charge is 2.14. The van der Waals surface area contributed by atoms with Gasteiger partial charge in [0.1, 0.15) is 0 Å². The molecule has 0 spiro atoms. The van der Waals surface area contributed by atoms with Crippen molar-refractivity contribution in [1.82, 2.24) is 10.1 Å². The van der Waals surface area contributed by atoms with Crippen molar-refractivity contribution in [2.24, 2.45) is 0 Å². The molecule has 0 saturated carbocycles. The van der Waals surface area contributed by atoms with Gasteiger partial charge in [-0.05, 0) is 67.6 Å². The number of thiophene rings is 1. The number of rotatable bonds is 5. The fourth-order valence-electron chi connectivity index (χ4n) is 2.74. The Morgan fingerprint density at radius 3 is 2.70 bits per heavy atom. The van der Waals surface area contributed by atoms with Crippen LogP contribution in [0.5, 0.6) is 0 Å². The lowest BCUT2D eigenvalue weighted by atomic mass is 9.98. The second-order valence-corrected chi connectivity index (χ2v) is 7.04. The zero-order valence-electron chi connectivity index (χ0n) is 14.1. The van der Waals surface area contributed by atoms with Crippen LogP contribution in [0, 0.1) is 13.8 Å². The van der Waals surface area contributed by atoms with Crippen LogP contribution in [0.4, 0.5) is 0 Å². The molecule has 4 heteroatoms. The molecule has 0 unspecified atom stereocenters. The lowest BCUT2D eigenvalue weighted by molar-refractivity contribution is 0.433. The van der Waals surface area contributed by atoms with E-state index in [-0.39, 0.29) is 0 Å². The zero-order chi connectivity index (χ0) is 16.4. The van der Waals surface area contributed by atoms with Crippen LogP contribution in [0.25, 0.3) is 22.2 Å². The molecule has 120 valence electrons. The molecular weight excluding hydrogens is 304 g/mol. The number of hydrogen-bond donors (Lipinski definition) is 0. The van der Waals surface area contributed by atoms with Gasteiger partial charge in [0.25, 0.3) is 5.89 Å². The van der Waals surface area contributed by atoms with E-state index in [9.17, 15) is 0 Å². The topological polar surface area (TPSA) is 38.9 Å². The number of aryl methyl sites for hydroxylation is 3. The smallest absolute Gasteiger partial charge is 0.268 e. The van der Waals surface area contributed by atoms with E-state index in [1.807, 2.05) is 0 Å². The Hall–Kier alpha value is -1.94. The first kappa shape index (κ1) is 15.9. The fourth-order valence-corrected chi connectivity index (χ4v) is 3.77. The maximum Gasteiger partial charge on any atom is 0.268 e. The predicted octanol–water partition coefficient (Wildman–Crippen LogP) is 5.60. The molecule has 3 rings (SSSR count). The minimum Gasteiger partial charge on any atom is -0.333 e. The summed E-state index contributed by atoms with van der Waals surface area (Å²) < 4.78 is 5.49. The van der Waals surface area contributed by atoms with Crippen molar-refractivity contribution in [3.63, 3.8) is 0 Å². The molecule has 0 saturated heterocycles. The number of nitrogens with zero attached hydrogens (tertiary/aromatic N) is 2. The van der Waals surface area contributed by atoms with Crippen LogP contribution in [-0.2, 0) is 12.8 Å². The van der Waals surface area contributed by atoms with Crippen LogP contribution in [0.2, 0.25) is 0 Å². The Morgan fingerprint density at radius 1 is 1.13 bits per heavy atom. The van der Waals surface area contributed by atoms with Crippen molar-refractivity contribution in [3.8, 4) is 22.2 Å². The molecule has 23 heavy (non-hydrogen) atoms. The summed E-state index contributed by atoms with van der Waals surface area (Å²) in [5.74, 6) is 1.28. The normalized spacial score (nSPS) is 11.1. The summed E-state index contributed by atoms with van der Waals surface area (Å²) in [5.41, 5.74) is 4.99. The Bertz CT molecular complexity index is 817. The van der Waals surface area contributed by atoms with Gasteiger partial charge < -0.3 is 4.52 Å². The first-order valence-corrected chi connectivity index (χ1v) is 8.97. The molecular formula is C19H22N2OS. The molecule has 0 bridgehead atoms. The maximum absolute atomic E-state index is 5.49. The molecule has 0 atom stereocenters. The van der Waals surface area contributed by atoms with Crippen molar-refractivity contribution in [2.45, 2.75) is 47.0 Å².